The minimum atomic E-state index is -0.711. The Morgan fingerprint density at radius 1 is 1.37 bits per heavy atom. The summed E-state index contributed by atoms with van der Waals surface area (Å²) in [6.45, 7) is 0. The zero-order valence-corrected chi connectivity index (χ0v) is 11.6. The van der Waals surface area contributed by atoms with Crippen molar-refractivity contribution in [1.29, 1.82) is 5.26 Å². The summed E-state index contributed by atoms with van der Waals surface area (Å²) in [5.41, 5.74) is 0.810. The maximum absolute atomic E-state index is 11.8. The molecule has 1 aromatic carbocycles. The largest absolute Gasteiger partial charge is 0.497 e. The van der Waals surface area contributed by atoms with Crippen molar-refractivity contribution in [3.8, 4) is 17.6 Å². The van der Waals surface area contributed by atoms with Gasteiger partial charge < -0.3 is 14.4 Å². The summed E-state index contributed by atoms with van der Waals surface area (Å²) in [7, 11) is 6.39. The van der Waals surface area contributed by atoms with Crippen LogP contribution in [0.3, 0.4) is 0 Å². The molecular weight excluding hydrogens is 244 g/mol. The van der Waals surface area contributed by atoms with Gasteiger partial charge in [0.15, 0.2) is 0 Å². The second-order valence-electron chi connectivity index (χ2n) is 4.30. The van der Waals surface area contributed by atoms with Crippen molar-refractivity contribution in [1.82, 2.24) is 4.90 Å². The predicted molar refractivity (Wildman–Crippen MR) is 71.0 cm³/mol. The van der Waals surface area contributed by atoms with Crippen LogP contribution in [-0.4, -0.2) is 39.1 Å². The van der Waals surface area contributed by atoms with E-state index >= 15 is 0 Å². The Kier molecular flexibility index (Phi) is 5.19. The molecule has 0 aliphatic heterocycles. The normalized spacial score (nSPS) is 11.3. The second kappa shape index (κ2) is 6.64. The molecule has 5 nitrogen and oxygen atoms in total. The van der Waals surface area contributed by atoms with Crippen molar-refractivity contribution in [3.05, 3.63) is 23.8 Å². The van der Waals surface area contributed by atoms with Gasteiger partial charge in [-0.1, -0.05) is 6.07 Å². The number of ether oxygens (including phenoxy) is 2. The average Bonchev–Trinajstić information content (AvgIpc) is 2.43. The Morgan fingerprint density at radius 3 is 2.53 bits per heavy atom. The third kappa shape index (κ3) is 3.62. The lowest BCUT2D eigenvalue weighted by molar-refractivity contribution is -0.131. The standard InChI is InChI=1S/C14H18N2O3/c1-16(2)14(17)11(9-15)7-10-5-6-12(18-3)8-13(10)19-4/h5-6,8,11H,7H2,1-4H3. The molecule has 1 aromatic rings. The molecule has 0 N–H and O–H groups in total. The van der Waals surface area contributed by atoms with E-state index < -0.39 is 5.92 Å². The number of methoxy groups -OCH3 is 2. The molecule has 0 fully saturated rings. The van der Waals surface area contributed by atoms with E-state index in [1.807, 2.05) is 12.1 Å². The van der Waals surface area contributed by atoms with E-state index in [0.29, 0.717) is 17.9 Å². The number of nitrogens with zero attached hydrogens (tertiary/aromatic N) is 2. The maximum atomic E-state index is 11.8. The molecule has 0 bridgehead atoms. The Hall–Kier alpha value is -2.22. The Balaban J connectivity index is 2.98. The van der Waals surface area contributed by atoms with Crippen LogP contribution in [0.5, 0.6) is 11.5 Å². The highest BCUT2D eigenvalue weighted by molar-refractivity contribution is 5.81. The van der Waals surface area contributed by atoms with Gasteiger partial charge in [-0.2, -0.15) is 5.26 Å². The van der Waals surface area contributed by atoms with Crippen molar-refractivity contribution < 1.29 is 14.3 Å². The third-order valence-corrected chi connectivity index (χ3v) is 2.81. The van der Waals surface area contributed by atoms with Crippen LogP contribution in [0, 0.1) is 17.2 Å². The lowest BCUT2D eigenvalue weighted by Crippen LogP contribution is -2.30. The third-order valence-electron chi connectivity index (χ3n) is 2.81. The van der Waals surface area contributed by atoms with Crippen LogP contribution in [0.1, 0.15) is 5.56 Å². The number of rotatable bonds is 5. The molecule has 0 aliphatic rings. The number of nitriles is 1. The van der Waals surface area contributed by atoms with Gasteiger partial charge in [-0.25, -0.2) is 0 Å². The molecule has 0 heterocycles. The van der Waals surface area contributed by atoms with Gasteiger partial charge in [-0.3, -0.25) is 4.79 Å². The molecule has 0 spiro atoms. The molecule has 102 valence electrons. The van der Waals surface area contributed by atoms with Crippen LogP contribution in [0.4, 0.5) is 0 Å². The smallest absolute Gasteiger partial charge is 0.239 e. The Labute approximate surface area is 113 Å². The first kappa shape index (κ1) is 14.8. The Bertz CT molecular complexity index is 492. The molecule has 1 atom stereocenters. The van der Waals surface area contributed by atoms with Crippen molar-refractivity contribution >= 4 is 5.91 Å². The molecule has 0 aromatic heterocycles. The fourth-order valence-electron chi connectivity index (χ4n) is 1.74. The number of hydrogen-bond acceptors (Lipinski definition) is 4. The van der Waals surface area contributed by atoms with Gasteiger partial charge >= 0.3 is 0 Å². The molecule has 1 amide bonds. The SMILES string of the molecule is COc1ccc(CC(C#N)C(=O)N(C)C)c(OC)c1. The van der Waals surface area contributed by atoms with Crippen molar-refractivity contribution in [2.24, 2.45) is 5.92 Å². The summed E-state index contributed by atoms with van der Waals surface area (Å²) in [6, 6.07) is 7.37. The Morgan fingerprint density at radius 2 is 2.05 bits per heavy atom. The minimum absolute atomic E-state index is 0.208. The molecule has 0 saturated heterocycles. The van der Waals surface area contributed by atoms with Gasteiger partial charge in [-0.05, 0) is 11.6 Å². The first-order valence-corrected chi connectivity index (χ1v) is 5.85. The molecule has 1 rings (SSSR count). The van der Waals surface area contributed by atoms with E-state index in [1.54, 1.807) is 40.4 Å². The first-order chi connectivity index (χ1) is 9.03. The van der Waals surface area contributed by atoms with Crippen molar-refractivity contribution in [2.75, 3.05) is 28.3 Å². The van der Waals surface area contributed by atoms with Gasteiger partial charge in [0.25, 0.3) is 0 Å². The van der Waals surface area contributed by atoms with Gasteiger partial charge in [0, 0.05) is 26.6 Å². The highest BCUT2D eigenvalue weighted by atomic mass is 16.5. The number of hydrogen-bond donors (Lipinski definition) is 0. The number of carbonyl (C=O) groups excluding carboxylic acids is 1. The molecule has 0 aliphatic carbocycles. The fraction of sp³-hybridized carbons (Fsp3) is 0.429. The highest BCUT2D eigenvalue weighted by Gasteiger charge is 2.21. The fourth-order valence-corrected chi connectivity index (χ4v) is 1.74. The monoisotopic (exact) mass is 262 g/mol. The van der Waals surface area contributed by atoms with Crippen LogP contribution in [0.25, 0.3) is 0 Å². The van der Waals surface area contributed by atoms with Gasteiger partial charge in [0.1, 0.15) is 17.4 Å². The van der Waals surface area contributed by atoms with E-state index in [0.717, 1.165) is 5.56 Å². The lowest BCUT2D eigenvalue weighted by atomic mass is 9.98. The molecule has 0 radical (unpaired) electrons. The van der Waals surface area contributed by atoms with E-state index in [4.69, 9.17) is 14.7 Å². The molecule has 19 heavy (non-hydrogen) atoms. The summed E-state index contributed by atoms with van der Waals surface area (Å²) >= 11 is 0. The van der Waals surface area contributed by atoms with E-state index in [-0.39, 0.29) is 5.91 Å². The zero-order chi connectivity index (χ0) is 14.4. The van der Waals surface area contributed by atoms with Crippen LogP contribution >= 0.6 is 0 Å². The predicted octanol–water partition coefficient (Wildman–Crippen LogP) is 1.47. The minimum Gasteiger partial charge on any atom is -0.497 e. The van der Waals surface area contributed by atoms with Gasteiger partial charge in [0.05, 0.1) is 20.3 Å². The first-order valence-electron chi connectivity index (χ1n) is 5.85. The van der Waals surface area contributed by atoms with E-state index in [9.17, 15) is 4.79 Å². The van der Waals surface area contributed by atoms with Crippen LogP contribution < -0.4 is 9.47 Å². The quantitative estimate of drug-likeness (QED) is 0.806. The zero-order valence-electron chi connectivity index (χ0n) is 11.6. The summed E-state index contributed by atoms with van der Waals surface area (Å²) in [6.07, 6.45) is 0.320. The van der Waals surface area contributed by atoms with Gasteiger partial charge in [-0.15, -0.1) is 0 Å². The number of carbonyl (C=O) groups is 1. The summed E-state index contributed by atoms with van der Waals surface area (Å²) in [4.78, 5) is 13.3. The molecule has 1 unspecified atom stereocenters. The molecule has 5 heteroatoms. The topological polar surface area (TPSA) is 62.6 Å². The summed E-state index contributed by atoms with van der Waals surface area (Å²) in [5, 5.41) is 9.11. The summed E-state index contributed by atoms with van der Waals surface area (Å²) in [5.74, 6) is 0.372. The van der Waals surface area contributed by atoms with Crippen LogP contribution in [0.15, 0.2) is 18.2 Å². The van der Waals surface area contributed by atoms with Gasteiger partial charge in [0.2, 0.25) is 5.91 Å². The van der Waals surface area contributed by atoms with E-state index in [2.05, 4.69) is 0 Å². The highest BCUT2D eigenvalue weighted by Crippen LogP contribution is 2.26. The maximum Gasteiger partial charge on any atom is 0.239 e. The lowest BCUT2D eigenvalue weighted by Gasteiger charge is -2.16. The van der Waals surface area contributed by atoms with Crippen LogP contribution in [-0.2, 0) is 11.2 Å². The number of amides is 1. The van der Waals surface area contributed by atoms with Crippen LogP contribution in [0.2, 0.25) is 0 Å². The van der Waals surface area contributed by atoms with Crippen molar-refractivity contribution in [3.63, 3.8) is 0 Å². The molecular formula is C14H18N2O3. The number of benzene rings is 1. The molecule has 0 saturated carbocycles. The average molecular weight is 262 g/mol. The second-order valence-corrected chi connectivity index (χ2v) is 4.30. The summed E-state index contributed by atoms with van der Waals surface area (Å²) < 4.78 is 10.4. The van der Waals surface area contributed by atoms with Crippen molar-refractivity contribution in [2.45, 2.75) is 6.42 Å². The van der Waals surface area contributed by atoms with E-state index in [1.165, 1.54) is 4.90 Å².